The van der Waals surface area contributed by atoms with Gasteiger partial charge >= 0.3 is 5.69 Å². The van der Waals surface area contributed by atoms with Crippen LogP contribution in [0.5, 0.6) is 5.75 Å². The van der Waals surface area contributed by atoms with E-state index in [1.165, 1.54) is 24.8 Å². The number of anilines is 2. The summed E-state index contributed by atoms with van der Waals surface area (Å²) < 4.78 is 8.45. The highest BCUT2D eigenvalue weighted by Crippen LogP contribution is 2.31. The number of H-pyrrole nitrogens is 1. The van der Waals surface area contributed by atoms with Crippen molar-refractivity contribution in [2.24, 2.45) is 0 Å². The van der Waals surface area contributed by atoms with Crippen LogP contribution in [-0.4, -0.2) is 34.2 Å². The summed E-state index contributed by atoms with van der Waals surface area (Å²) in [4.78, 5) is 41.3. The van der Waals surface area contributed by atoms with Crippen LogP contribution in [0.4, 0.5) is 11.5 Å². The van der Waals surface area contributed by atoms with Crippen LogP contribution in [0, 0.1) is 0 Å². The van der Waals surface area contributed by atoms with Crippen molar-refractivity contribution in [3.8, 4) is 11.4 Å². The number of nitrogen functional groups attached to an aromatic ring is 1. The van der Waals surface area contributed by atoms with E-state index in [-0.39, 0.29) is 22.8 Å². The van der Waals surface area contributed by atoms with Crippen molar-refractivity contribution < 1.29 is 9.53 Å². The Kier molecular flexibility index (Phi) is 6.55. The van der Waals surface area contributed by atoms with Crippen molar-refractivity contribution in [1.29, 1.82) is 0 Å². The van der Waals surface area contributed by atoms with Crippen molar-refractivity contribution in [1.82, 2.24) is 14.1 Å². The Bertz CT molecular complexity index is 1210. The van der Waals surface area contributed by atoms with Gasteiger partial charge in [-0.15, -0.1) is 0 Å². The van der Waals surface area contributed by atoms with Gasteiger partial charge in [-0.05, 0) is 24.6 Å². The number of halogens is 1. The smallest absolute Gasteiger partial charge is 0.330 e. The van der Waals surface area contributed by atoms with Crippen molar-refractivity contribution in [3.05, 3.63) is 68.1 Å². The number of hydrogen-bond donors (Lipinski definition) is 2. The molecule has 3 rings (SSSR count). The summed E-state index contributed by atoms with van der Waals surface area (Å²) in [6.07, 6.45) is 5.15. The quantitative estimate of drug-likeness (QED) is 0.580. The van der Waals surface area contributed by atoms with Crippen molar-refractivity contribution >= 4 is 29.0 Å². The van der Waals surface area contributed by atoms with E-state index in [4.69, 9.17) is 22.1 Å². The average molecular weight is 446 g/mol. The lowest BCUT2D eigenvalue weighted by Gasteiger charge is -2.22. The summed E-state index contributed by atoms with van der Waals surface area (Å²) >= 11 is 6.43. The van der Waals surface area contributed by atoms with E-state index in [0.29, 0.717) is 23.7 Å². The highest BCUT2D eigenvalue weighted by Gasteiger charge is 2.25. The molecule has 0 radical (unpaired) electrons. The molecule has 0 saturated carbocycles. The molecule has 0 aliphatic heterocycles. The van der Waals surface area contributed by atoms with E-state index in [2.05, 4.69) is 4.98 Å². The number of carbonyl (C=O) groups is 1. The molecule has 2 aromatic heterocycles. The first-order valence-corrected chi connectivity index (χ1v) is 10.1. The van der Waals surface area contributed by atoms with Crippen LogP contribution >= 0.6 is 11.6 Å². The lowest BCUT2D eigenvalue weighted by atomic mass is 10.1. The monoisotopic (exact) mass is 445 g/mol. The molecule has 0 saturated heterocycles. The van der Waals surface area contributed by atoms with E-state index < -0.39 is 17.2 Å². The minimum absolute atomic E-state index is 0.0768. The third-order valence-electron chi connectivity index (χ3n) is 4.97. The summed E-state index contributed by atoms with van der Waals surface area (Å²) in [5.74, 6) is -0.359. The van der Waals surface area contributed by atoms with Crippen molar-refractivity contribution in [3.63, 3.8) is 0 Å². The number of carbonyl (C=O) groups excluding carboxylic acids is 1. The molecule has 0 fully saturated rings. The zero-order valence-electron chi connectivity index (χ0n) is 17.5. The second kappa shape index (κ2) is 9.13. The molecule has 10 heteroatoms. The molecular formula is C21H24ClN5O4. The molecule has 0 spiro atoms. The normalized spacial score (nSPS) is 10.8. The number of aromatic nitrogens is 3. The topological polar surface area (TPSA) is 115 Å². The average Bonchev–Trinajstić information content (AvgIpc) is 3.27. The molecule has 9 nitrogen and oxygen atoms in total. The van der Waals surface area contributed by atoms with Crippen molar-refractivity contribution in [2.45, 2.75) is 26.3 Å². The molecule has 0 aliphatic carbocycles. The number of unbranched alkanes of at least 4 members (excludes halogenated alkanes) is 1. The predicted molar refractivity (Wildman–Crippen MR) is 121 cm³/mol. The van der Waals surface area contributed by atoms with Gasteiger partial charge in [0.05, 0.1) is 23.4 Å². The Balaban J connectivity index is 2.07. The zero-order chi connectivity index (χ0) is 22.7. The fourth-order valence-corrected chi connectivity index (χ4v) is 3.55. The van der Waals surface area contributed by atoms with Gasteiger partial charge in [0.15, 0.2) is 5.69 Å². The van der Waals surface area contributed by atoms with Crippen molar-refractivity contribution in [2.75, 3.05) is 24.8 Å². The molecule has 0 aliphatic rings. The minimum atomic E-state index is -0.750. The molecule has 3 N–H and O–H groups in total. The fraction of sp³-hybridized carbons (Fsp3) is 0.286. The number of methoxy groups -OCH3 is 1. The van der Waals surface area contributed by atoms with Gasteiger partial charge in [0.1, 0.15) is 11.6 Å². The molecule has 31 heavy (non-hydrogen) atoms. The highest BCUT2D eigenvalue weighted by atomic mass is 35.5. The molecule has 2 heterocycles. The van der Waals surface area contributed by atoms with E-state index >= 15 is 0 Å². The number of hydrogen-bond acceptors (Lipinski definition) is 5. The van der Waals surface area contributed by atoms with Gasteiger partial charge in [0.25, 0.3) is 11.5 Å². The van der Waals surface area contributed by atoms with Gasteiger partial charge < -0.3 is 19.9 Å². The maximum absolute atomic E-state index is 13.3. The lowest BCUT2D eigenvalue weighted by molar-refractivity contribution is 0.0989. The van der Waals surface area contributed by atoms with Crippen LogP contribution in [0.25, 0.3) is 5.69 Å². The van der Waals surface area contributed by atoms with Gasteiger partial charge in [-0.2, -0.15) is 0 Å². The van der Waals surface area contributed by atoms with Gasteiger partial charge in [-0.1, -0.05) is 24.9 Å². The standard InChI is InChI=1S/C21H24ClN5O4/c1-4-5-10-27-18(23)17(19(28)24-21(27)30)25(2)20(29)13-11-14(22)15(12-16(13)31-3)26-8-6-7-9-26/h6-9,11-12H,4-5,10,23H2,1-3H3,(H,24,28,30). The maximum Gasteiger partial charge on any atom is 0.330 e. The Morgan fingerprint density at radius 1 is 1.26 bits per heavy atom. The van der Waals surface area contributed by atoms with Crippen LogP contribution in [0.1, 0.15) is 30.1 Å². The number of amides is 1. The van der Waals surface area contributed by atoms with Crippen LogP contribution in [-0.2, 0) is 6.54 Å². The number of aromatic amines is 1. The molecule has 1 amide bonds. The largest absolute Gasteiger partial charge is 0.496 e. The first kappa shape index (κ1) is 22.2. The second-order valence-electron chi connectivity index (χ2n) is 6.96. The van der Waals surface area contributed by atoms with E-state index in [1.807, 2.05) is 31.5 Å². The summed E-state index contributed by atoms with van der Waals surface area (Å²) in [6.45, 7) is 2.30. The predicted octanol–water partition coefficient (Wildman–Crippen LogP) is 2.65. The van der Waals surface area contributed by atoms with Gasteiger partial charge in [-0.25, -0.2) is 4.79 Å². The summed E-state index contributed by atoms with van der Waals surface area (Å²) in [7, 11) is 2.84. The second-order valence-corrected chi connectivity index (χ2v) is 7.36. The summed E-state index contributed by atoms with van der Waals surface area (Å²) in [6, 6.07) is 6.81. The number of rotatable bonds is 7. The summed E-state index contributed by atoms with van der Waals surface area (Å²) in [5.41, 5.74) is 5.42. The first-order chi connectivity index (χ1) is 14.8. The first-order valence-electron chi connectivity index (χ1n) is 9.71. The van der Waals surface area contributed by atoms with Crippen LogP contribution in [0.3, 0.4) is 0 Å². The van der Waals surface area contributed by atoms with E-state index in [0.717, 1.165) is 11.3 Å². The molecule has 1 aromatic carbocycles. The van der Waals surface area contributed by atoms with E-state index in [1.54, 1.807) is 10.6 Å². The van der Waals surface area contributed by atoms with Gasteiger partial charge in [0.2, 0.25) is 0 Å². The van der Waals surface area contributed by atoms with Crippen LogP contribution < -0.4 is 26.6 Å². The Morgan fingerprint density at radius 2 is 1.94 bits per heavy atom. The third kappa shape index (κ3) is 4.22. The van der Waals surface area contributed by atoms with Crippen LogP contribution in [0.2, 0.25) is 5.02 Å². The number of nitrogens with two attached hydrogens (primary N) is 1. The van der Waals surface area contributed by atoms with E-state index in [9.17, 15) is 14.4 Å². The minimum Gasteiger partial charge on any atom is -0.496 e. The van der Waals surface area contributed by atoms with Gasteiger partial charge in [-0.3, -0.25) is 19.1 Å². The molecule has 3 aromatic rings. The molecular weight excluding hydrogens is 422 g/mol. The SMILES string of the molecule is CCCCn1c(N)c(N(C)C(=O)c2cc(Cl)c(-n3cccc3)cc2OC)c(=O)[nH]c1=O. The Hall–Kier alpha value is -3.46. The van der Waals surface area contributed by atoms with Crippen LogP contribution in [0.15, 0.2) is 46.2 Å². The maximum atomic E-state index is 13.3. The highest BCUT2D eigenvalue weighted by molar-refractivity contribution is 6.33. The number of nitrogens with one attached hydrogen (secondary N) is 1. The number of ether oxygens (including phenoxy) is 1. The zero-order valence-corrected chi connectivity index (χ0v) is 18.3. The third-order valence-corrected chi connectivity index (χ3v) is 5.27. The molecule has 0 bridgehead atoms. The van der Waals surface area contributed by atoms with Gasteiger partial charge in [0, 0.05) is 32.1 Å². The molecule has 164 valence electrons. The number of benzene rings is 1. The fourth-order valence-electron chi connectivity index (χ4n) is 3.29. The Labute approximate surface area is 183 Å². The molecule has 0 atom stereocenters. The molecule has 0 unspecified atom stereocenters. The lowest BCUT2D eigenvalue weighted by Crippen LogP contribution is -2.39. The number of nitrogens with zero attached hydrogens (tertiary/aromatic N) is 3. The Morgan fingerprint density at radius 3 is 2.55 bits per heavy atom. The summed E-state index contributed by atoms with van der Waals surface area (Å²) in [5, 5.41) is 0.323.